The minimum atomic E-state index is -4.44. The fraction of sp³-hybridized carbons (Fsp3) is 0.286. The van der Waals surface area contributed by atoms with Crippen LogP contribution in [0.25, 0.3) is 0 Å². The summed E-state index contributed by atoms with van der Waals surface area (Å²) >= 11 is 6.13. The predicted molar refractivity (Wildman–Crippen MR) is 125 cm³/mol. The van der Waals surface area contributed by atoms with Gasteiger partial charge in [-0.2, -0.15) is 28.8 Å². The third-order valence-electron chi connectivity index (χ3n) is 5.02. The van der Waals surface area contributed by atoms with Crippen molar-refractivity contribution in [3.05, 3.63) is 47.0 Å². The van der Waals surface area contributed by atoms with Crippen molar-refractivity contribution in [1.82, 2.24) is 0 Å². The average Bonchev–Trinajstić information content (AvgIpc) is 3.01. The molecule has 1 heterocycles. The lowest BCUT2D eigenvalue weighted by Crippen LogP contribution is -2.30. The van der Waals surface area contributed by atoms with Crippen LogP contribution in [0.1, 0.15) is 26.3 Å². The van der Waals surface area contributed by atoms with E-state index in [0.717, 1.165) is 22.7 Å². The lowest BCUT2D eigenvalue weighted by molar-refractivity contribution is -0.118. The Morgan fingerprint density at radius 1 is 1.24 bits per heavy atom. The summed E-state index contributed by atoms with van der Waals surface area (Å²) in [6, 6.07) is 7.77. The van der Waals surface area contributed by atoms with Crippen LogP contribution in [0.15, 0.2) is 56.6 Å². The Bertz CT molecular complexity index is 1290. The first-order valence-electron chi connectivity index (χ1n) is 9.89. The van der Waals surface area contributed by atoms with Gasteiger partial charge in [0.1, 0.15) is 0 Å². The molecule has 0 bridgehead atoms. The summed E-state index contributed by atoms with van der Waals surface area (Å²) in [5, 5.41) is 13.5. The number of amides is 2. The number of carbonyl (C=O) groups excluding carboxylic acids is 2. The highest BCUT2D eigenvalue weighted by Gasteiger charge is 2.36. The van der Waals surface area contributed by atoms with E-state index in [1.54, 1.807) is 17.9 Å². The van der Waals surface area contributed by atoms with E-state index < -0.39 is 27.0 Å². The van der Waals surface area contributed by atoms with Gasteiger partial charge in [-0.3, -0.25) is 14.1 Å². The van der Waals surface area contributed by atoms with E-state index in [0.29, 0.717) is 23.6 Å². The van der Waals surface area contributed by atoms with Gasteiger partial charge in [0.2, 0.25) is 5.91 Å². The number of aryl methyl sites for hydroxylation is 1. The van der Waals surface area contributed by atoms with Crippen molar-refractivity contribution >= 4 is 56.3 Å². The zero-order valence-corrected chi connectivity index (χ0v) is 19.9. The number of carbonyl (C=O) groups is 2. The van der Waals surface area contributed by atoms with Crippen LogP contribution in [0.3, 0.4) is 0 Å². The van der Waals surface area contributed by atoms with Crippen LogP contribution in [0, 0.1) is 6.92 Å². The number of rotatable bonds is 6. The standard InChI is InChI=1S/C21H22ClN5O5S/c1-5-26(14(4)28)15-7-6-12(2)18(10-15)23-24-20-13(3)25-27(21(20)29)19-9-8-16(11-17(19)22)33(30,31)32/h6-11,20H,5H2,1-4H3,(H,30,31,32). The third-order valence-corrected chi connectivity index (χ3v) is 6.18. The second-order valence-corrected chi connectivity index (χ2v) is 9.16. The van der Waals surface area contributed by atoms with E-state index in [4.69, 9.17) is 16.2 Å². The average molecular weight is 492 g/mol. The van der Waals surface area contributed by atoms with Crippen molar-refractivity contribution in [3.63, 3.8) is 0 Å². The highest BCUT2D eigenvalue weighted by molar-refractivity contribution is 7.85. The highest BCUT2D eigenvalue weighted by Crippen LogP contribution is 2.32. The fourth-order valence-electron chi connectivity index (χ4n) is 3.26. The van der Waals surface area contributed by atoms with Crippen molar-refractivity contribution in [3.8, 4) is 0 Å². The van der Waals surface area contributed by atoms with Crippen molar-refractivity contribution < 1.29 is 22.6 Å². The number of halogens is 1. The molecule has 1 aliphatic heterocycles. The first kappa shape index (κ1) is 24.5. The molecule has 0 fully saturated rings. The first-order valence-corrected chi connectivity index (χ1v) is 11.7. The van der Waals surface area contributed by atoms with Gasteiger partial charge in [-0.25, -0.2) is 0 Å². The Morgan fingerprint density at radius 3 is 2.52 bits per heavy atom. The minimum Gasteiger partial charge on any atom is -0.313 e. The molecule has 10 nitrogen and oxygen atoms in total. The van der Waals surface area contributed by atoms with Crippen molar-refractivity contribution in [2.45, 2.75) is 38.6 Å². The Morgan fingerprint density at radius 2 is 1.94 bits per heavy atom. The largest absolute Gasteiger partial charge is 0.313 e. The van der Waals surface area contributed by atoms with E-state index in [-0.39, 0.29) is 16.6 Å². The van der Waals surface area contributed by atoms with Gasteiger partial charge >= 0.3 is 0 Å². The summed E-state index contributed by atoms with van der Waals surface area (Å²) in [5.74, 6) is -0.629. The molecule has 0 spiro atoms. The number of hydrogen-bond acceptors (Lipinski definition) is 7. The first-order chi connectivity index (χ1) is 15.4. The molecule has 1 unspecified atom stereocenters. The Kier molecular flexibility index (Phi) is 6.96. The summed E-state index contributed by atoms with van der Waals surface area (Å²) in [5.41, 5.74) is 2.49. The second-order valence-electron chi connectivity index (χ2n) is 7.33. The predicted octanol–water partition coefficient (Wildman–Crippen LogP) is 4.14. The summed E-state index contributed by atoms with van der Waals surface area (Å²) in [6.07, 6.45) is 0. The number of nitrogens with zero attached hydrogens (tertiary/aromatic N) is 5. The van der Waals surface area contributed by atoms with Crippen LogP contribution in [-0.2, 0) is 19.7 Å². The van der Waals surface area contributed by atoms with Gasteiger partial charge < -0.3 is 4.90 Å². The monoisotopic (exact) mass is 491 g/mol. The number of hydrogen-bond donors (Lipinski definition) is 1. The number of anilines is 2. The summed E-state index contributed by atoms with van der Waals surface area (Å²) in [6.45, 7) is 7.28. The molecule has 0 saturated carbocycles. The zero-order chi connectivity index (χ0) is 24.5. The maximum atomic E-state index is 12.9. The second kappa shape index (κ2) is 9.38. The third kappa shape index (κ3) is 5.10. The van der Waals surface area contributed by atoms with Gasteiger partial charge in [0, 0.05) is 19.2 Å². The van der Waals surface area contributed by atoms with Gasteiger partial charge in [-0.1, -0.05) is 17.7 Å². The van der Waals surface area contributed by atoms with Crippen LogP contribution < -0.4 is 9.91 Å². The molecular weight excluding hydrogens is 470 g/mol. The number of azo groups is 1. The van der Waals surface area contributed by atoms with Crippen LogP contribution in [0.5, 0.6) is 0 Å². The summed E-state index contributed by atoms with van der Waals surface area (Å²) < 4.78 is 31.8. The molecule has 174 valence electrons. The molecule has 3 rings (SSSR count). The van der Waals surface area contributed by atoms with E-state index in [1.807, 2.05) is 26.0 Å². The fourth-order valence-corrected chi connectivity index (χ4v) is 4.09. The molecule has 1 aliphatic rings. The van der Waals surface area contributed by atoms with Crippen molar-refractivity contribution in [2.24, 2.45) is 15.3 Å². The zero-order valence-electron chi connectivity index (χ0n) is 18.4. The lowest BCUT2D eigenvalue weighted by Gasteiger charge is -2.19. The molecule has 2 aromatic carbocycles. The lowest BCUT2D eigenvalue weighted by atomic mass is 10.1. The molecule has 0 aromatic heterocycles. The molecule has 1 atom stereocenters. The Hall–Kier alpha value is -3.15. The van der Waals surface area contributed by atoms with Gasteiger partial charge in [-0.05, 0) is 56.7 Å². The smallest absolute Gasteiger partial charge is 0.294 e. The Balaban J connectivity index is 1.88. The van der Waals surface area contributed by atoms with Crippen LogP contribution in [-0.4, -0.2) is 43.1 Å². The van der Waals surface area contributed by atoms with Crippen LogP contribution in [0.4, 0.5) is 17.1 Å². The number of hydrazone groups is 1. The van der Waals surface area contributed by atoms with E-state index >= 15 is 0 Å². The topological polar surface area (TPSA) is 132 Å². The number of benzene rings is 2. The summed E-state index contributed by atoms with van der Waals surface area (Å²) in [4.78, 5) is 26.0. The van der Waals surface area contributed by atoms with Crippen molar-refractivity contribution in [2.75, 3.05) is 16.5 Å². The maximum absolute atomic E-state index is 12.9. The SMILES string of the molecule is CCN(C(C)=O)c1ccc(C)c(N=NC2C(=O)N(c3ccc(S(=O)(=O)O)cc3Cl)N=C2C)c1. The van der Waals surface area contributed by atoms with Crippen LogP contribution >= 0.6 is 11.6 Å². The molecule has 2 amide bonds. The summed E-state index contributed by atoms with van der Waals surface area (Å²) in [7, 11) is -4.44. The minimum absolute atomic E-state index is 0.0833. The van der Waals surface area contributed by atoms with Crippen LogP contribution in [0.2, 0.25) is 5.02 Å². The quantitative estimate of drug-likeness (QED) is 0.479. The maximum Gasteiger partial charge on any atom is 0.294 e. The highest BCUT2D eigenvalue weighted by atomic mass is 35.5. The van der Waals surface area contributed by atoms with E-state index in [1.165, 1.54) is 13.0 Å². The normalized spacial score (nSPS) is 16.4. The molecular formula is C21H22ClN5O5S. The van der Waals surface area contributed by atoms with E-state index in [9.17, 15) is 18.0 Å². The molecule has 0 aliphatic carbocycles. The molecule has 12 heteroatoms. The van der Waals surface area contributed by atoms with Crippen molar-refractivity contribution in [1.29, 1.82) is 0 Å². The van der Waals surface area contributed by atoms with Gasteiger partial charge in [-0.15, -0.1) is 0 Å². The van der Waals surface area contributed by atoms with Gasteiger partial charge in [0.25, 0.3) is 16.0 Å². The molecule has 33 heavy (non-hydrogen) atoms. The molecule has 0 radical (unpaired) electrons. The molecule has 0 saturated heterocycles. The van der Waals surface area contributed by atoms with Gasteiger partial charge in [0.15, 0.2) is 6.04 Å². The van der Waals surface area contributed by atoms with Gasteiger partial charge in [0.05, 0.1) is 27.0 Å². The molecule has 1 N–H and O–H groups in total. The Labute approximate surface area is 196 Å². The molecule has 2 aromatic rings. The van der Waals surface area contributed by atoms with E-state index in [2.05, 4.69) is 15.3 Å².